The van der Waals surface area contributed by atoms with E-state index in [1.807, 2.05) is 0 Å². The third kappa shape index (κ3) is 4.58. The molecule has 6 rings (SSSR count). The molecule has 2 fully saturated rings. The quantitative estimate of drug-likeness (QED) is 0.323. The minimum absolute atomic E-state index is 0.0139. The van der Waals surface area contributed by atoms with E-state index >= 15 is 0 Å². The molecule has 3 aromatic rings. The molecule has 0 aliphatic carbocycles. The number of rotatable bonds is 3. The summed E-state index contributed by atoms with van der Waals surface area (Å²) in [6.07, 6.45) is -3.86. The Labute approximate surface area is 235 Å². The van der Waals surface area contributed by atoms with Crippen molar-refractivity contribution < 1.29 is 35.9 Å². The first-order chi connectivity index (χ1) is 19.3. The maximum absolute atomic E-state index is 14.9. The maximum Gasteiger partial charge on any atom is 0.417 e. The van der Waals surface area contributed by atoms with E-state index in [1.165, 1.54) is 9.47 Å². The topological polar surface area (TPSA) is 98.9 Å². The lowest BCUT2D eigenvalue weighted by Gasteiger charge is -2.44. The number of hydrogen-bond donors (Lipinski definition) is 2. The number of amides is 1. The zero-order valence-electron chi connectivity index (χ0n) is 21.2. The van der Waals surface area contributed by atoms with Crippen molar-refractivity contribution in [2.24, 2.45) is 0 Å². The minimum Gasteiger partial charge on any atom is -0.347 e. The molecule has 2 N–H and O–H groups in total. The van der Waals surface area contributed by atoms with E-state index in [4.69, 9.17) is 0 Å². The predicted molar refractivity (Wildman–Crippen MR) is 146 cm³/mol. The van der Waals surface area contributed by atoms with Crippen LogP contribution in [0.15, 0.2) is 46.6 Å². The summed E-state index contributed by atoms with van der Waals surface area (Å²) in [7, 11) is -3.14. The number of aromatic nitrogens is 2. The summed E-state index contributed by atoms with van der Waals surface area (Å²) in [5.74, 6) is -2.72. The van der Waals surface area contributed by atoms with Crippen molar-refractivity contribution in [3.8, 4) is 11.1 Å². The van der Waals surface area contributed by atoms with Gasteiger partial charge in [0.1, 0.15) is 17.5 Å². The lowest BCUT2D eigenvalue weighted by atomic mass is 9.95. The molecule has 2 saturated heterocycles. The van der Waals surface area contributed by atoms with Crippen LogP contribution in [0.25, 0.3) is 22.0 Å². The van der Waals surface area contributed by atoms with Crippen LogP contribution < -0.4 is 10.6 Å². The van der Waals surface area contributed by atoms with Crippen LogP contribution in [0.5, 0.6) is 0 Å². The molecule has 3 aliphatic heterocycles. The van der Waals surface area contributed by atoms with Crippen molar-refractivity contribution in [1.82, 2.24) is 14.5 Å². The number of piperazine rings is 1. The van der Waals surface area contributed by atoms with Gasteiger partial charge in [-0.2, -0.15) is 28.7 Å². The third-order valence-corrected chi connectivity index (χ3v) is 10.5. The Balaban J connectivity index is 1.63. The lowest BCUT2D eigenvalue weighted by Crippen LogP contribution is -2.61. The van der Waals surface area contributed by atoms with Gasteiger partial charge in [0.05, 0.1) is 34.7 Å². The molecular weight excluding hydrogens is 591 g/mol. The van der Waals surface area contributed by atoms with E-state index in [-0.39, 0.29) is 58.5 Å². The smallest absolute Gasteiger partial charge is 0.347 e. The average molecular weight is 615 g/mol. The number of carbonyl (C=O) groups is 1. The number of alkyl halides is 3. The fraction of sp³-hybridized carbons (Fsp3) is 0.346. The average Bonchev–Trinajstić information content (AvgIpc) is 3.24. The number of thioether (sulfide) groups is 1. The molecule has 2 unspecified atom stereocenters. The Morgan fingerprint density at radius 3 is 2.54 bits per heavy atom. The van der Waals surface area contributed by atoms with Gasteiger partial charge in [-0.15, -0.1) is 11.8 Å². The highest BCUT2D eigenvalue weighted by Crippen LogP contribution is 2.52. The summed E-state index contributed by atoms with van der Waals surface area (Å²) in [6, 6.07) is 1.71. The van der Waals surface area contributed by atoms with E-state index in [0.29, 0.717) is 6.07 Å². The van der Waals surface area contributed by atoms with Crippen molar-refractivity contribution in [2.75, 3.05) is 35.2 Å². The first-order valence-corrected chi connectivity index (χ1v) is 15.4. The van der Waals surface area contributed by atoms with Crippen LogP contribution in [0.2, 0.25) is 0 Å². The first kappa shape index (κ1) is 28.0. The van der Waals surface area contributed by atoms with Gasteiger partial charge >= 0.3 is 11.9 Å². The lowest BCUT2D eigenvalue weighted by molar-refractivity contribution is -0.137. The van der Waals surface area contributed by atoms with Gasteiger partial charge < -0.3 is 9.80 Å². The number of halogens is 5. The Hall–Kier alpha value is -3.14. The Morgan fingerprint density at radius 1 is 1.12 bits per heavy atom. The first-order valence-electron chi connectivity index (χ1n) is 12.5. The van der Waals surface area contributed by atoms with Crippen LogP contribution in [0.1, 0.15) is 5.56 Å². The number of benzene rings is 2. The zero-order chi connectivity index (χ0) is 29.4. The van der Waals surface area contributed by atoms with Gasteiger partial charge in [-0.05, 0) is 24.3 Å². The molecule has 0 bridgehead atoms. The molecule has 218 valence electrons. The second-order valence-electron chi connectivity index (χ2n) is 10.1. The van der Waals surface area contributed by atoms with Gasteiger partial charge in [0.2, 0.25) is 5.91 Å². The van der Waals surface area contributed by atoms with Gasteiger partial charge in [0.15, 0.2) is 0 Å². The molecule has 1 aromatic heterocycles. The molecule has 0 spiro atoms. The number of anilines is 1. The SMILES string of the molecule is C=CC(=O)N1CCN(c2nc(=O)n3c4c(c(-c5ccc(F)cc5F)c(C(F)(F)F)cc24)SCC3)C2CS(O)(O)CC21. The molecule has 2 atom stereocenters. The molecule has 8 nitrogen and oxygen atoms in total. The van der Waals surface area contributed by atoms with Crippen molar-refractivity contribution in [3.05, 3.63) is 64.6 Å². The van der Waals surface area contributed by atoms with E-state index in [9.17, 15) is 40.6 Å². The van der Waals surface area contributed by atoms with Crippen LogP contribution in [0.3, 0.4) is 0 Å². The van der Waals surface area contributed by atoms with E-state index in [2.05, 4.69) is 11.6 Å². The third-order valence-electron chi connectivity index (χ3n) is 7.70. The van der Waals surface area contributed by atoms with Gasteiger partial charge in [0.25, 0.3) is 0 Å². The Kier molecular flexibility index (Phi) is 6.63. The summed E-state index contributed by atoms with van der Waals surface area (Å²) in [6.45, 7) is 3.78. The largest absolute Gasteiger partial charge is 0.417 e. The van der Waals surface area contributed by atoms with Crippen molar-refractivity contribution in [1.29, 1.82) is 0 Å². The van der Waals surface area contributed by atoms with Gasteiger partial charge in [-0.3, -0.25) is 18.5 Å². The number of carbonyl (C=O) groups excluding carboxylic acids is 1. The highest BCUT2D eigenvalue weighted by Gasteiger charge is 2.49. The van der Waals surface area contributed by atoms with Crippen molar-refractivity contribution in [2.45, 2.75) is 29.7 Å². The van der Waals surface area contributed by atoms with Gasteiger partial charge in [-0.1, -0.05) is 6.58 Å². The highest BCUT2D eigenvalue weighted by atomic mass is 32.3. The van der Waals surface area contributed by atoms with E-state index < -0.39 is 68.8 Å². The molecule has 41 heavy (non-hydrogen) atoms. The normalized spacial score (nSPS) is 22.5. The number of fused-ring (bicyclic) bond motifs is 1. The van der Waals surface area contributed by atoms with Gasteiger partial charge in [0, 0.05) is 52.9 Å². The van der Waals surface area contributed by atoms with E-state index in [1.54, 1.807) is 4.90 Å². The summed E-state index contributed by atoms with van der Waals surface area (Å²) in [5, 5.41) is -0.0176. The fourth-order valence-corrected chi connectivity index (χ4v) is 9.25. The zero-order valence-corrected chi connectivity index (χ0v) is 22.8. The van der Waals surface area contributed by atoms with Crippen LogP contribution in [0, 0.1) is 11.6 Å². The Morgan fingerprint density at radius 2 is 1.85 bits per heavy atom. The Bertz CT molecular complexity index is 1680. The molecule has 4 heterocycles. The molecular formula is C26H23F5N4O4S2. The van der Waals surface area contributed by atoms with Crippen molar-refractivity contribution in [3.63, 3.8) is 0 Å². The van der Waals surface area contributed by atoms with Crippen LogP contribution >= 0.6 is 22.4 Å². The summed E-state index contributed by atoms with van der Waals surface area (Å²) < 4.78 is 94.9. The second-order valence-corrected chi connectivity index (χ2v) is 13.4. The predicted octanol–water partition coefficient (Wildman–Crippen LogP) is 4.80. The summed E-state index contributed by atoms with van der Waals surface area (Å²) >= 11 is 1.03. The molecule has 3 aliphatic rings. The monoisotopic (exact) mass is 614 g/mol. The molecule has 2 aromatic carbocycles. The fourth-order valence-electron chi connectivity index (χ4n) is 6.02. The number of nitrogens with zero attached hydrogens (tertiary/aromatic N) is 4. The molecule has 0 saturated carbocycles. The molecule has 0 radical (unpaired) electrons. The molecule has 15 heteroatoms. The van der Waals surface area contributed by atoms with Crippen LogP contribution in [-0.2, 0) is 17.5 Å². The molecule has 1 amide bonds. The van der Waals surface area contributed by atoms with Gasteiger partial charge in [-0.25, -0.2) is 13.6 Å². The maximum atomic E-state index is 14.9. The van der Waals surface area contributed by atoms with E-state index in [0.717, 1.165) is 36.0 Å². The number of hydrogen-bond acceptors (Lipinski definition) is 7. The highest BCUT2D eigenvalue weighted by molar-refractivity contribution is 8.24. The van der Waals surface area contributed by atoms with Crippen molar-refractivity contribution >= 4 is 45.0 Å². The standard InChI is InChI=1S/C26H23F5N4O4S2/c1-2-20(36)33-5-6-34(19-12-41(38,39)11-18(19)33)24-15-10-16(26(29,30)31)21(14-4-3-13(27)9-17(14)28)23-22(15)35(7-8-40-23)25(37)32-24/h2-4,9-10,18-19,38-39H,1,5-8,11-12H2. The summed E-state index contributed by atoms with van der Waals surface area (Å²) in [5.41, 5.74) is -2.73. The van der Waals surface area contributed by atoms with Crippen LogP contribution in [-0.4, -0.2) is 71.9 Å². The second kappa shape index (κ2) is 9.71. The minimum atomic E-state index is -4.96. The number of aryl methyl sites for hydroxylation is 1. The summed E-state index contributed by atoms with van der Waals surface area (Å²) in [4.78, 5) is 33.0. The van der Waals surface area contributed by atoms with Crippen LogP contribution in [0.4, 0.5) is 27.8 Å².